The summed E-state index contributed by atoms with van der Waals surface area (Å²) in [6.45, 7) is 0.724. The van der Waals surface area contributed by atoms with Crippen LogP contribution in [0.5, 0.6) is 11.5 Å². The van der Waals surface area contributed by atoms with E-state index in [9.17, 15) is 18.0 Å². The standard InChI is InChI=1S/C21H20F3N3O3/c1-11-12(2)27-19-15(9-14(22)10-16(19)26-11)20(28)25-7-6-13-4-5-17(29-3)18(8-13)30-21(23)24/h4-5,8-10,21H,6-7H2,1-3H3,(H,25,28). The van der Waals surface area contributed by atoms with E-state index in [0.717, 1.165) is 6.07 Å². The van der Waals surface area contributed by atoms with E-state index in [1.807, 2.05) is 0 Å². The third-order valence-electron chi connectivity index (χ3n) is 4.53. The van der Waals surface area contributed by atoms with Gasteiger partial charge in [-0.25, -0.2) is 14.4 Å². The van der Waals surface area contributed by atoms with Crippen LogP contribution in [0.1, 0.15) is 27.3 Å². The molecule has 0 bridgehead atoms. The summed E-state index contributed by atoms with van der Waals surface area (Å²) in [5.74, 6) is -1.00. The van der Waals surface area contributed by atoms with Crippen molar-refractivity contribution in [2.45, 2.75) is 26.9 Å². The fraction of sp³-hybridized carbons (Fsp3) is 0.286. The van der Waals surface area contributed by atoms with Gasteiger partial charge in [-0.05, 0) is 44.0 Å². The van der Waals surface area contributed by atoms with E-state index in [-0.39, 0.29) is 23.6 Å². The maximum Gasteiger partial charge on any atom is 0.387 e. The highest BCUT2D eigenvalue weighted by Gasteiger charge is 2.16. The molecule has 0 aliphatic heterocycles. The predicted molar refractivity (Wildman–Crippen MR) is 105 cm³/mol. The minimum Gasteiger partial charge on any atom is -0.493 e. The number of aromatic nitrogens is 2. The highest BCUT2D eigenvalue weighted by molar-refractivity contribution is 6.04. The fourth-order valence-electron chi connectivity index (χ4n) is 2.95. The average molecular weight is 419 g/mol. The van der Waals surface area contributed by atoms with E-state index in [0.29, 0.717) is 34.4 Å². The van der Waals surface area contributed by atoms with Gasteiger partial charge in [-0.3, -0.25) is 4.79 Å². The van der Waals surface area contributed by atoms with Crippen LogP contribution in [0, 0.1) is 19.7 Å². The number of fused-ring (bicyclic) bond motifs is 1. The van der Waals surface area contributed by atoms with E-state index in [1.54, 1.807) is 19.9 Å². The van der Waals surface area contributed by atoms with Gasteiger partial charge < -0.3 is 14.8 Å². The molecule has 6 nitrogen and oxygen atoms in total. The number of nitrogens with one attached hydrogen (secondary N) is 1. The Morgan fingerprint density at radius 2 is 1.83 bits per heavy atom. The Balaban J connectivity index is 1.74. The minimum absolute atomic E-state index is 0.0806. The average Bonchev–Trinajstić information content (AvgIpc) is 2.68. The van der Waals surface area contributed by atoms with Crippen molar-refractivity contribution in [1.82, 2.24) is 15.3 Å². The summed E-state index contributed by atoms with van der Waals surface area (Å²) >= 11 is 0. The highest BCUT2D eigenvalue weighted by Crippen LogP contribution is 2.29. The topological polar surface area (TPSA) is 73.3 Å². The van der Waals surface area contributed by atoms with Gasteiger partial charge in [0.15, 0.2) is 11.5 Å². The Morgan fingerprint density at radius 3 is 2.53 bits per heavy atom. The number of nitrogens with zero attached hydrogens (tertiary/aromatic N) is 2. The molecular weight excluding hydrogens is 399 g/mol. The van der Waals surface area contributed by atoms with Gasteiger partial charge in [0.1, 0.15) is 11.3 Å². The third kappa shape index (κ3) is 4.79. The number of aryl methyl sites for hydroxylation is 2. The first-order valence-corrected chi connectivity index (χ1v) is 9.13. The molecule has 0 aliphatic rings. The Hall–Kier alpha value is -3.36. The quantitative estimate of drug-likeness (QED) is 0.627. The maximum atomic E-state index is 14.0. The van der Waals surface area contributed by atoms with Crippen molar-refractivity contribution in [3.63, 3.8) is 0 Å². The number of halogens is 3. The molecule has 0 atom stereocenters. The lowest BCUT2D eigenvalue weighted by Gasteiger charge is -2.12. The molecule has 0 saturated carbocycles. The van der Waals surface area contributed by atoms with Crippen LogP contribution in [0.25, 0.3) is 11.0 Å². The summed E-state index contributed by atoms with van der Waals surface area (Å²) in [5, 5.41) is 2.70. The zero-order chi connectivity index (χ0) is 21.8. The molecular formula is C21H20F3N3O3. The molecule has 0 unspecified atom stereocenters. The summed E-state index contributed by atoms with van der Waals surface area (Å²) in [4.78, 5) is 21.3. The number of carbonyl (C=O) groups excluding carboxylic acids is 1. The maximum absolute atomic E-state index is 14.0. The van der Waals surface area contributed by atoms with Crippen LogP contribution in [0.4, 0.5) is 13.2 Å². The molecule has 0 saturated heterocycles. The van der Waals surface area contributed by atoms with Crippen LogP contribution in [0.3, 0.4) is 0 Å². The zero-order valence-corrected chi connectivity index (χ0v) is 16.6. The van der Waals surface area contributed by atoms with Crippen molar-refractivity contribution < 1.29 is 27.4 Å². The highest BCUT2D eigenvalue weighted by atomic mass is 19.3. The van der Waals surface area contributed by atoms with Crippen molar-refractivity contribution in [3.8, 4) is 11.5 Å². The number of amides is 1. The number of alkyl halides is 2. The number of methoxy groups -OCH3 is 1. The van der Waals surface area contributed by atoms with Gasteiger partial charge in [-0.2, -0.15) is 8.78 Å². The lowest BCUT2D eigenvalue weighted by Crippen LogP contribution is -2.26. The normalized spacial score (nSPS) is 11.0. The number of hydrogen-bond donors (Lipinski definition) is 1. The van der Waals surface area contributed by atoms with Crippen LogP contribution in [0.2, 0.25) is 0 Å². The van der Waals surface area contributed by atoms with E-state index in [2.05, 4.69) is 20.0 Å². The van der Waals surface area contributed by atoms with Crippen molar-refractivity contribution in [2.75, 3.05) is 13.7 Å². The molecule has 3 aromatic rings. The molecule has 0 spiro atoms. The van der Waals surface area contributed by atoms with Crippen LogP contribution in [0.15, 0.2) is 30.3 Å². The Bertz CT molecular complexity index is 1090. The van der Waals surface area contributed by atoms with Crippen LogP contribution in [-0.4, -0.2) is 36.1 Å². The SMILES string of the molecule is COc1ccc(CCNC(=O)c2cc(F)cc3nc(C)c(C)nc23)cc1OC(F)F. The third-order valence-corrected chi connectivity index (χ3v) is 4.53. The second kappa shape index (κ2) is 8.98. The molecule has 0 aliphatic carbocycles. The Kier molecular flexibility index (Phi) is 6.39. The van der Waals surface area contributed by atoms with E-state index in [4.69, 9.17) is 4.74 Å². The van der Waals surface area contributed by atoms with E-state index in [1.165, 1.54) is 25.3 Å². The fourth-order valence-corrected chi connectivity index (χ4v) is 2.95. The monoisotopic (exact) mass is 419 g/mol. The van der Waals surface area contributed by atoms with Crippen molar-refractivity contribution >= 4 is 16.9 Å². The van der Waals surface area contributed by atoms with Gasteiger partial charge in [0.25, 0.3) is 5.91 Å². The molecule has 1 aromatic heterocycles. The molecule has 9 heteroatoms. The Morgan fingerprint density at radius 1 is 1.10 bits per heavy atom. The molecule has 2 aromatic carbocycles. The second-order valence-electron chi connectivity index (χ2n) is 6.59. The smallest absolute Gasteiger partial charge is 0.387 e. The van der Waals surface area contributed by atoms with Gasteiger partial charge in [0.05, 0.1) is 29.6 Å². The van der Waals surface area contributed by atoms with Crippen molar-refractivity contribution in [1.29, 1.82) is 0 Å². The molecule has 1 heterocycles. The number of ether oxygens (including phenoxy) is 2. The summed E-state index contributed by atoms with van der Waals surface area (Å²) in [6, 6.07) is 6.96. The molecule has 0 fully saturated rings. The lowest BCUT2D eigenvalue weighted by atomic mass is 10.1. The first kappa shape index (κ1) is 21.4. The molecule has 158 valence electrons. The lowest BCUT2D eigenvalue weighted by molar-refractivity contribution is -0.0512. The summed E-state index contributed by atoms with van der Waals surface area (Å²) < 4.78 is 48.5. The first-order chi connectivity index (χ1) is 14.3. The summed E-state index contributed by atoms with van der Waals surface area (Å²) in [7, 11) is 1.35. The van der Waals surface area contributed by atoms with E-state index >= 15 is 0 Å². The molecule has 30 heavy (non-hydrogen) atoms. The number of hydrogen-bond acceptors (Lipinski definition) is 5. The van der Waals surface area contributed by atoms with Crippen molar-refractivity contribution in [3.05, 3.63) is 58.7 Å². The number of carbonyl (C=O) groups is 1. The predicted octanol–water partition coefficient (Wildman–Crippen LogP) is 3.97. The van der Waals surface area contributed by atoms with Gasteiger partial charge in [-0.1, -0.05) is 6.07 Å². The van der Waals surface area contributed by atoms with E-state index < -0.39 is 18.3 Å². The van der Waals surface area contributed by atoms with Gasteiger partial charge in [0.2, 0.25) is 0 Å². The van der Waals surface area contributed by atoms with Crippen LogP contribution >= 0.6 is 0 Å². The summed E-state index contributed by atoms with van der Waals surface area (Å²) in [6.07, 6.45) is 0.340. The van der Waals surface area contributed by atoms with Crippen molar-refractivity contribution in [2.24, 2.45) is 0 Å². The number of rotatable bonds is 7. The van der Waals surface area contributed by atoms with Gasteiger partial charge in [0, 0.05) is 12.6 Å². The molecule has 1 amide bonds. The number of benzene rings is 2. The van der Waals surface area contributed by atoms with Crippen LogP contribution < -0.4 is 14.8 Å². The molecule has 1 N–H and O–H groups in total. The van der Waals surface area contributed by atoms with Gasteiger partial charge in [-0.15, -0.1) is 0 Å². The van der Waals surface area contributed by atoms with Gasteiger partial charge >= 0.3 is 6.61 Å². The second-order valence-corrected chi connectivity index (χ2v) is 6.59. The van der Waals surface area contributed by atoms with Crippen LogP contribution in [-0.2, 0) is 6.42 Å². The summed E-state index contributed by atoms with van der Waals surface area (Å²) in [5.41, 5.74) is 2.65. The minimum atomic E-state index is -2.98. The Labute approximate surface area is 171 Å². The molecule has 0 radical (unpaired) electrons. The largest absolute Gasteiger partial charge is 0.493 e. The zero-order valence-electron chi connectivity index (χ0n) is 16.6. The first-order valence-electron chi connectivity index (χ1n) is 9.13. The molecule has 3 rings (SSSR count).